The summed E-state index contributed by atoms with van der Waals surface area (Å²) in [5.74, 6) is 1.23. The van der Waals surface area contributed by atoms with Crippen LogP contribution in [0, 0.1) is 18.3 Å². The van der Waals surface area contributed by atoms with Crippen molar-refractivity contribution in [1.29, 1.82) is 5.26 Å². The van der Waals surface area contributed by atoms with Gasteiger partial charge in [0.2, 0.25) is 0 Å². The quantitative estimate of drug-likeness (QED) is 0.895. The highest BCUT2D eigenvalue weighted by Crippen LogP contribution is 2.28. The molecule has 0 heterocycles. The van der Waals surface area contributed by atoms with Crippen molar-refractivity contribution in [2.75, 3.05) is 5.32 Å². The SMILES string of the molecule is Cc1ccc(NC(N)=O)cc1Oc1ccc(C#N)cc1. The number of hydrogen-bond acceptors (Lipinski definition) is 3. The zero-order valence-corrected chi connectivity index (χ0v) is 10.9. The summed E-state index contributed by atoms with van der Waals surface area (Å²) in [6.45, 7) is 1.90. The lowest BCUT2D eigenvalue weighted by molar-refractivity contribution is 0.259. The third kappa shape index (κ3) is 3.27. The number of anilines is 1. The molecule has 100 valence electrons. The van der Waals surface area contributed by atoms with Crippen LogP contribution in [0.25, 0.3) is 0 Å². The van der Waals surface area contributed by atoms with E-state index >= 15 is 0 Å². The van der Waals surface area contributed by atoms with Crippen LogP contribution in [0.1, 0.15) is 11.1 Å². The third-order valence-electron chi connectivity index (χ3n) is 2.67. The summed E-state index contributed by atoms with van der Waals surface area (Å²) in [4.78, 5) is 10.8. The highest BCUT2D eigenvalue weighted by Gasteiger charge is 2.05. The predicted octanol–water partition coefficient (Wildman–Crippen LogP) is 3.15. The van der Waals surface area contributed by atoms with Gasteiger partial charge >= 0.3 is 6.03 Å². The zero-order valence-electron chi connectivity index (χ0n) is 10.9. The number of nitrogens with zero attached hydrogens (tertiary/aromatic N) is 1. The highest BCUT2D eigenvalue weighted by molar-refractivity contribution is 5.88. The van der Waals surface area contributed by atoms with Gasteiger partial charge < -0.3 is 15.8 Å². The Morgan fingerprint density at radius 3 is 2.55 bits per heavy atom. The average molecular weight is 267 g/mol. The second-order valence-electron chi connectivity index (χ2n) is 4.21. The monoisotopic (exact) mass is 267 g/mol. The van der Waals surface area contributed by atoms with E-state index in [0.717, 1.165) is 5.56 Å². The van der Waals surface area contributed by atoms with Crippen molar-refractivity contribution in [3.63, 3.8) is 0 Å². The maximum absolute atomic E-state index is 10.8. The maximum Gasteiger partial charge on any atom is 0.316 e. The van der Waals surface area contributed by atoms with Crippen molar-refractivity contribution in [3.8, 4) is 17.6 Å². The van der Waals surface area contributed by atoms with Crippen LogP contribution < -0.4 is 15.8 Å². The molecule has 20 heavy (non-hydrogen) atoms. The smallest absolute Gasteiger partial charge is 0.316 e. The van der Waals surface area contributed by atoms with E-state index in [2.05, 4.69) is 5.32 Å². The molecule has 2 aromatic carbocycles. The fourth-order valence-corrected chi connectivity index (χ4v) is 1.65. The zero-order chi connectivity index (χ0) is 14.5. The van der Waals surface area contributed by atoms with Crippen molar-refractivity contribution in [1.82, 2.24) is 0 Å². The Bertz CT molecular complexity index is 673. The number of aryl methyl sites for hydroxylation is 1. The lowest BCUT2D eigenvalue weighted by Crippen LogP contribution is -2.19. The van der Waals surface area contributed by atoms with Gasteiger partial charge in [0.25, 0.3) is 0 Å². The molecule has 0 atom stereocenters. The Kier molecular flexibility index (Phi) is 3.87. The van der Waals surface area contributed by atoms with E-state index in [1.54, 1.807) is 36.4 Å². The molecule has 3 N–H and O–H groups in total. The van der Waals surface area contributed by atoms with Gasteiger partial charge in [-0.1, -0.05) is 6.07 Å². The minimum atomic E-state index is -0.627. The number of rotatable bonds is 3. The van der Waals surface area contributed by atoms with Crippen LogP contribution in [-0.2, 0) is 0 Å². The molecule has 0 aliphatic carbocycles. The van der Waals surface area contributed by atoms with Crippen LogP contribution in [0.3, 0.4) is 0 Å². The van der Waals surface area contributed by atoms with Crippen molar-refractivity contribution < 1.29 is 9.53 Å². The molecule has 0 unspecified atom stereocenters. The summed E-state index contributed by atoms with van der Waals surface area (Å²) >= 11 is 0. The fourth-order valence-electron chi connectivity index (χ4n) is 1.65. The molecule has 2 rings (SSSR count). The summed E-state index contributed by atoms with van der Waals surface area (Å²) in [5.41, 5.74) is 7.13. The van der Waals surface area contributed by atoms with Crippen LogP contribution in [-0.4, -0.2) is 6.03 Å². The van der Waals surface area contributed by atoms with Gasteiger partial charge in [-0.2, -0.15) is 5.26 Å². The number of nitrogens with two attached hydrogens (primary N) is 1. The molecule has 2 amide bonds. The molecule has 0 aromatic heterocycles. The normalized spacial score (nSPS) is 9.60. The summed E-state index contributed by atoms with van der Waals surface area (Å²) in [6, 6.07) is 13.5. The third-order valence-corrected chi connectivity index (χ3v) is 2.67. The van der Waals surface area contributed by atoms with Gasteiger partial charge in [-0.25, -0.2) is 4.79 Å². The number of amides is 2. The van der Waals surface area contributed by atoms with Crippen LogP contribution in [0.15, 0.2) is 42.5 Å². The Morgan fingerprint density at radius 1 is 1.25 bits per heavy atom. The predicted molar refractivity (Wildman–Crippen MR) is 75.6 cm³/mol. The second kappa shape index (κ2) is 5.76. The number of ether oxygens (including phenoxy) is 1. The fraction of sp³-hybridized carbons (Fsp3) is 0.0667. The van der Waals surface area contributed by atoms with Gasteiger partial charge in [-0.15, -0.1) is 0 Å². The minimum Gasteiger partial charge on any atom is -0.457 e. The van der Waals surface area contributed by atoms with Gasteiger partial charge in [0, 0.05) is 11.8 Å². The Labute approximate surface area is 116 Å². The molecular formula is C15H13N3O2. The van der Waals surface area contributed by atoms with Gasteiger partial charge in [0.05, 0.1) is 11.6 Å². The standard InChI is InChI=1S/C15H13N3O2/c1-10-2-5-12(18-15(17)19)8-14(10)20-13-6-3-11(9-16)4-7-13/h2-8H,1H3,(H3,17,18,19). The number of benzene rings is 2. The Morgan fingerprint density at radius 2 is 1.95 bits per heavy atom. The molecule has 2 aromatic rings. The van der Waals surface area contributed by atoms with Gasteiger partial charge in [0.15, 0.2) is 0 Å². The maximum atomic E-state index is 10.8. The van der Waals surface area contributed by atoms with Crippen LogP contribution in [0.2, 0.25) is 0 Å². The molecule has 0 saturated heterocycles. The first-order valence-corrected chi connectivity index (χ1v) is 5.93. The van der Waals surface area contributed by atoms with Crippen molar-refractivity contribution >= 4 is 11.7 Å². The Balaban J connectivity index is 2.23. The Hall–Kier alpha value is -3.00. The minimum absolute atomic E-state index is 0.562. The molecule has 0 radical (unpaired) electrons. The molecule has 0 fully saturated rings. The lowest BCUT2D eigenvalue weighted by Gasteiger charge is -2.11. The molecule has 0 spiro atoms. The van der Waals surface area contributed by atoms with Crippen molar-refractivity contribution in [3.05, 3.63) is 53.6 Å². The van der Waals surface area contributed by atoms with Crippen LogP contribution >= 0.6 is 0 Å². The number of nitriles is 1. The van der Waals surface area contributed by atoms with Crippen LogP contribution in [0.4, 0.5) is 10.5 Å². The average Bonchev–Trinajstić information content (AvgIpc) is 2.43. The summed E-state index contributed by atoms with van der Waals surface area (Å²) in [5, 5.41) is 11.2. The van der Waals surface area contributed by atoms with Gasteiger partial charge in [-0.3, -0.25) is 0 Å². The van der Waals surface area contributed by atoms with E-state index in [4.69, 9.17) is 15.7 Å². The first-order chi connectivity index (χ1) is 9.58. The molecule has 5 nitrogen and oxygen atoms in total. The number of hydrogen-bond donors (Lipinski definition) is 2. The van der Waals surface area contributed by atoms with Crippen molar-refractivity contribution in [2.24, 2.45) is 5.73 Å². The summed E-state index contributed by atoms with van der Waals surface area (Å²) in [6.07, 6.45) is 0. The van der Waals surface area contributed by atoms with E-state index in [0.29, 0.717) is 22.7 Å². The number of carbonyl (C=O) groups excluding carboxylic acids is 1. The number of primary amides is 1. The second-order valence-corrected chi connectivity index (χ2v) is 4.21. The van der Waals surface area contributed by atoms with E-state index in [1.807, 2.05) is 19.1 Å². The first kappa shape index (κ1) is 13.4. The van der Waals surface area contributed by atoms with Crippen LogP contribution in [0.5, 0.6) is 11.5 Å². The van der Waals surface area contributed by atoms with E-state index in [-0.39, 0.29) is 0 Å². The van der Waals surface area contributed by atoms with Gasteiger partial charge in [-0.05, 0) is 42.8 Å². The summed E-state index contributed by atoms with van der Waals surface area (Å²) in [7, 11) is 0. The largest absolute Gasteiger partial charge is 0.457 e. The summed E-state index contributed by atoms with van der Waals surface area (Å²) < 4.78 is 5.73. The molecule has 0 saturated carbocycles. The van der Waals surface area contributed by atoms with E-state index in [9.17, 15) is 4.79 Å². The van der Waals surface area contributed by atoms with E-state index in [1.165, 1.54) is 0 Å². The number of urea groups is 1. The number of nitrogens with one attached hydrogen (secondary N) is 1. The van der Waals surface area contributed by atoms with Crippen molar-refractivity contribution in [2.45, 2.75) is 6.92 Å². The number of carbonyl (C=O) groups is 1. The molecule has 0 aliphatic rings. The molecular weight excluding hydrogens is 254 g/mol. The van der Waals surface area contributed by atoms with Gasteiger partial charge in [0.1, 0.15) is 11.5 Å². The first-order valence-electron chi connectivity index (χ1n) is 5.93. The molecule has 5 heteroatoms. The lowest BCUT2D eigenvalue weighted by atomic mass is 10.2. The molecule has 0 bridgehead atoms. The topological polar surface area (TPSA) is 88.1 Å². The molecule has 0 aliphatic heterocycles. The van der Waals surface area contributed by atoms with E-state index < -0.39 is 6.03 Å². The highest BCUT2D eigenvalue weighted by atomic mass is 16.5.